The Balaban J connectivity index is 2.79. The van der Waals surface area contributed by atoms with E-state index in [1.54, 1.807) is 24.3 Å². The summed E-state index contributed by atoms with van der Waals surface area (Å²) in [4.78, 5) is 0.256. The van der Waals surface area contributed by atoms with Gasteiger partial charge in [0, 0.05) is 16.9 Å². The highest BCUT2D eigenvalue weighted by Crippen LogP contribution is 2.18. The topological polar surface area (TPSA) is 46.2 Å². The smallest absolute Gasteiger partial charge is 0.211 e. The summed E-state index contributed by atoms with van der Waals surface area (Å²) in [6, 6.07) is 6.50. The van der Waals surface area contributed by atoms with Crippen molar-refractivity contribution in [2.45, 2.75) is 18.7 Å². The molecule has 0 unspecified atom stereocenters. The monoisotopic (exact) mass is 339 g/mol. The maximum absolute atomic E-state index is 11.9. The molecule has 1 N–H and O–H groups in total. The van der Waals surface area contributed by atoms with Gasteiger partial charge in [-0.05, 0) is 29.7 Å². The zero-order valence-corrected chi connectivity index (χ0v) is 12.9. The number of benzene rings is 1. The Morgan fingerprint density at radius 3 is 2.29 bits per heavy atom. The van der Waals surface area contributed by atoms with Crippen molar-refractivity contribution >= 4 is 37.6 Å². The average Bonchev–Trinajstić information content (AvgIpc) is 2.27. The lowest BCUT2D eigenvalue weighted by Crippen LogP contribution is -2.34. The predicted octanol–water partition coefficient (Wildman–Crippen LogP) is 2.99. The van der Waals surface area contributed by atoms with Crippen molar-refractivity contribution in [2.75, 3.05) is 12.4 Å². The van der Waals surface area contributed by atoms with E-state index in [-0.39, 0.29) is 10.3 Å². The van der Waals surface area contributed by atoms with Gasteiger partial charge in [-0.1, -0.05) is 29.8 Å². The molecule has 0 aliphatic heterocycles. The number of hydrogen-bond donors (Lipinski definition) is 1. The van der Waals surface area contributed by atoms with Gasteiger partial charge in [0.2, 0.25) is 10.0 Å². The molecule has 96 valence electrons. The second-order valence-electron chi connectivity index (χ2n) is 4.58. The highest BCUT2D eigenvalue weighted by molar-refractivity contribution is 9.10. The van der Waals surface area contributed by atoms with E-state index in [1.807, 2.05) is 13.8 Å². The van der Waals surface area contributed by atoms with Gasteiger partial charge in [0.15, 0.2) is 0 Å². The Morgan fingerprint density at radius 1 is 1.29 bits per heavy atom. The molecule has 0 fully saturated rings. The van der Waals surface area contributed by atoms with Crippen molar-refractivity contribution in [3.05, 3.63) is 28.7 Å². The van der Waals surface area contributed by atoms with E-state index in [0.717, 1.165) is 4.47 Å². The zero-order valence-electron chi connectivity index (χ0n) is 9.70. The maximum atomic E-state index is 11.9. The Morgan fingerprint density at radius 2 is 1.82 bits per heavy atom. The second-order valence-corrected chi connectivity index (χ2v) is 7.53. The number of nitrogens with one attached hydrogen (secondary N) is 1. The fraction of sp³-hybridized carbons (Fsp3) is 0.455. The van der Waals surface area contributed by atoms with Crippen LogP contribution in [-0.4, -0.2) is 20.8 Å². The lowest BCUT2D eigenvalue weighted by Gasteiger charge is -2.21. The summed E-state index contributed by atoms with van der Waals surface area (Å²) < 4.78 is 27.3. The van der Waals surface area contributed by atoms with Crippen LogP contribution in [0.3, 0.4) is 0 Å². The molecular weight excluding hydrogens is 326 g/mol. The number of rotatable bonds is 5. The van der Waals surface area contributed by atoms with Crippen molar-refractivity contribution in [3.8, 4) is 0 Å². The summed E-state index contributed by atoms with van der Waals surface area (Å²) >= 11 is 9.01. The molecule has 0 saturated heterocycles. The SMILES string of the molecule is CC(C)(CCl)CNS(=O)(=O)c1ccc(Br)cc1. The maximum Gasteiger partial charge on any atom is 0.240 e. The van der Waals surface area contributed by atoms with Gasteiger partial charge in [-0.25, -0.2) is 13.1 Å². The van der Waals surface area contributed by atoms with Crippen molar-refractivity contribution in [1.29, 1.82) is 0 Å². The van der Waals surface area contributed by atoms with Gasteiger partial charge in [0.05, 0.1) is 4.90 Å². The third-order valence-electron chi connectivity index (χ3n) is 2.23. The molecule has 0 aromatic heterocycles. The summed E-state index contributed by atoms with van der Waals surface area (Å²) in [5.41, 5.74) is -0.260. The van der Waals surface area contributed by atoms with Gasteiger partial charge < -0.3 is 0 Å². The molecule has 0 amide bonds. The molecule has 0 aliphatic rings. The first kappa shape index (κ1) is 15.0. The number of hydrogen-bond acceptors (Lipinski definition) is 2. The minimum atomic E-state index is -3.45. The van der Waals surface area contributed by atoms with E-state index >= 15 is 0 Å². The van der Waals surface area contributed by atoms with Crippen molar-refractivity contribution in [2.24, 2.45) is 5.41 Å². The van der Waals surface area contributed by atoms with E-state index in [2.05, 4.69) is 20.7 Å². The molecule has 0 saturated carbocycles. The highest BCUT2D eigenvalue weighted by Gasteiger charge is 2.21. The van der Waals surface area contributed by atoms with Gasteiger partial charge in [0.25, 0.3) is 0 Å². The quantitative estimate of drug-likeness (QED) is 0.838. The molecule has 1 aromatic rings. The Labute approximate surface area is 116 Å². The van der Waals surface area contributed by atoms with Gasteiger partial charge in [-0.15, -0.1) is 11.6 Å². The number of sulfonamides is 1. The number of halogens is 2. The first-order valence-electron chi connectivity index (χ1n) is 5.08. The molecule has 0 aliphatic carbocycles. The molecule has 0 bridgehead atoms. The second kappa shape index (κ2) is 5.69. The minimum Gasteiger partial charge on any atom is -0.211 e. The van der Waals surface area contributed by atoms with Crippen molar-refractivity contribution in [1.82, 2.24) is 4.72 Å². The molecule has 6 heteroatoms. The third kappa shape index (κ3) is 4.58. The highest BCUT2D eigenvalue weighted by atomic mass is 79.9. The van der Waals surface area contributed by atoms with Gasteiger partial charge in [-0.2, -0.15) is 0 Å². The first-order valence-corrected chi connectivity index (χ1v) is 7.89. The van der Waals surface area contributed by atoms with Gasteiger partial charge >= 0.3 is 0 Å². The van der Waals surface area contributed by atoms with Crippen LogP contribution in [0.2, 0.25) is 0 Å². The first-order chi connectivity index (χ1) is 7.77. The lowest BCUT2D eigenvalue weighted by atomic mass is 9.97. The van der Waals surface area contributed by atoms with E-state index in [9.17, 15) is 8.42 Å². The van der Waals surface area contributed by atoms with Crippen LogP contribution >= 0.6 is 27.5 Å². The van der Waals surface area contributed by atoms with E-state index in [4.69, 9.17) is 11.6 Å². The standard InChI is InChI=1S/C11H15BrClNO2S/c1-11(2,7-13)8-14-17(15,16)10-5-3-9(12)4-6-10/h3-6,14H,7-8H2,1-2H3. The van der Waals surface area contributed by atoms with Gasteiger partial charge in [-0.3, -0.25) is 0 Å². The molecule has 0 heterocycles. The average molecular weight is 341 g/mol. The van der Waals surface area contributed by atoms with E-state index in [0.29, 0.717) is 12.4 Å². The summed E-state index contributed by atoms with van der Waals surface area (Å²) in [6.07, 6.45) is 0. The Bertz CT molecular complexity index is 471. The van der Waals surface area contributed by atoms with Gasteiger partial charge in [0.1, 0.15) is 0 Å². The van der Waals surface area contributed by atoms with Crippen LogP contribution in [0.5, 0.6) is 0 Å². The summed E-state index contributed by atoms with van der Waals surface area (Å²) in [6.45, 7) is 4.13. The molecule has 1 aromatic carbocycles. The van der Waals surface area contributed by atoms with Crippen molar-refractivity contribution in [3.63, 3.8) is 0 Å². The predicted molar refractivity (Wildman–Crippen MR) is 73.8 cm³/mol. The molecule has 1 rings (SSSR count). The Hall–Kier alpha value is -0.100. The van der Waals surface area contributed by atoms with Crippen LogP contribution in [0.15, 0.2) is 33.6 Å². The molecule has 0 radical (unpaired) electrons. The van der Waals surface area contributed by atoms with Crippen LogP contribution in [0.25, 0.3) is 0 Å². The molecule has 3 nitrogen and oxygen atoms in total. The fourth-order valence-electron chi connectivity index (χ4n) is 1.03. The Kier molecular flexibility index (Phi) is 5.01. The molecule has 0 atom stereocenters. The molecular formula is C11H15BrClNO2S. The lowest BCUT2D eigenvalue weighted by molar-refractivity contribution is 0.414. The van der Waals surface area contributed by atoms with Crippen LogP contribution in [0.1, 0.15) is 13.8 Å². The van der Waals surface area contributed by atoms with Crippen molar-refractivity contribution < 1.29 is 8.42 Å². The normalized spacial score (nSPS) is 12.7. The zero-order chi connectivity index (χ0) is 13.1. The van der Waals surface area contributed by atoms with E-state index in [1.165, 1.54) is 0 Å². The minimum absolute atomic E-state index is 0.256. The largest absolute Gasteiger partial charge is 0.240 e. The van der Waals surface area contributed by atoms with Crippen LogP contribution < -0.4 is 4.72 Å². The van der Waals surface area contributed by atoms with Crippen LogP contribution in [0, 0.1) is 5.41 Å². The fourth-order valence-corrected chi connectivity index (χ4v) is 2.64. The van der Waals surface area contributed by atoms with E-state index < -0.39 is 10.0 Å². The summed E-state index contributed by atoms with van der Waals surface area (Å²) in [5.74, 6) is 0.399. The van der Waals surface area contributed by atoms with Crippen LogP contribution in [0.4, 0.5) is 0 Å². The summed E-state index contributed by atoms with van der Waals surface area (Å²) in [5, 5.41) is 0. The third-order valence-corrected chi connectivity index (χ3v) is 4.90. The summed E-state index contributed by atoms with van der Waals surface area (Å²) in [7, 11) is -3.45. The van der Waals surface area contributed by atoms with Crippen LogP contribution in [-0.2, 0) is 10.0 Å². The number of alkyl halides is 1. The molecule has 17 heavy (non-hydrogen) atoms. The molecule has 0 spiro atoms.